The summed E-state index contributed by atoms with van der Waals surface area (Å²) in [5.74, 6) is -0.986. The second-order valence-electron chi connectivity index (χ2n) is 4.31. The second-order valence-corrected chi connectivity index (χ2v) is 5.23. The van der Waals surface area contributed by atoms with Crippen LogP contribution in [0.2, 0.25) is 0 Å². The van der Waals surface area contributed by atoms with Crippen LogP contribution in [0.3, 0.4) is 0 Å². The summed E-state index contributed by atoms with van der Waals surface area (Å²) in [7, 11) is 0. The van der Waals surface area contributed by atoms with Crippen molar-refractivity contribution in [3.05, 3.63) is 52.0 Å². The summed E-state index contributed by atoms with van der Waals surface area (Å²) in [5, 5.41) is 3.31. The van der Waals surface area contributed by atoms with Gasteiger partial charge in [-0.15, -0.1) is 11.3 Å². The Bertz CT molecular complexity index is 494. The van der Waals surface area contributed by atoms with Gasteiger partial charge in [0.1, 0.15) is 11.6 Å². The minimum absolute atomic E-state index is 0.0983. The molecule has 0 saturated heterocycles. The van der Waals surface area contributed by atoms with Crippen molar-refractivity contribution in [2.24, 2.45) is 0 Å². The molecule has 19 heavy (non-hydrogen) atoms. The molecule has 1 N–H and O–H groups in total. The molecule has 0 aliphatic rings. The van der Waals surface area contributed by atoms with Gasteiger partial charge in [0.2, 0.25) is 0 Å². The van der Waals surface area contributed by atoms with Gasteiger partial charge in [0.15, 0.2) is 0 Å². The fourth-order valence-electron chi connectivity index (χ4n) is 1.92. The van der Waals surface area contributed by atoms with Crippen molar-refractivity contribution in [1.29, 1.82) is 0 Å². The summed E-state index contributed by atoms with van der Waals surface area (Å²) < 4.78 is 27.4. The summed E-state index contributed by atoms with van der Waals surface area (Å²) in [6.07, 6.45) is 3.01. The number of aromatic nitrogens is 1. The monoisotopic (exact) mass is 282 g/mol. The zero-order valence-corrected chi connectivity index (χ0v) is 11.5. The van der Waals surface area contributed by atoms with Crippen LogP contribution in [0.5, 0.6) is 0 Å². The third-order valence-electron chi connectivity index (χ3n) is 2.91. The highest BCUT2D eigenvalue weighted by Crippen LogP contribution is 2.24. The molecule has 1 atom stereocenters. The lowest BCUT2D eigenvalue weighted by Crippen LogP contribution is -2.24. The number of rotatable bonds is 6. The number of halogens is 2. The van der Waals surface area contributed by atoms with Gasteiger partial charge in [-0.3, -0.25) is 4.98 Å². The zero-order valence-electron chi connectivity index (χ0n) is 10.7. The van der Waals surface area contributed by atoms with E-state index in [0.29, 0.717) is 6.42 Å². The average Bonchev–Trinajstić information content (AvgIpc) is 2.91. The molecule has 0 fully saturated rings. The molecule has 0 aliphatic carbocycles. The Hall–Kier alpha value is -1.33. The summed E-state index contributed by atoms with van der Waals surface area (Å²) in [6, 6.07) is 3.87. The van der Waals surface area contributed by atoms with Crippen LogP contribution in [-0.2, 0) is 6.42 Å². The largest absolute Gasteiger partial charge is 0.309 e. The molecule has 5 heteroatoms. The highest BCUT2D eigenvalue weighted by atomic mass is 32.1. The third-order valence-corrected chi connectivity index (χ3v) is 3.79. The van der Waals surface area contributed by atoms with Crippen LogP contribution in [0, 0.1) is 11.6 Å². The van der Waals surface area contributed by atoms with E-state index in [4.69, 9.17) is 0 Å². The van der Waals surface area contributed by atoms with E-state index in [1.165, 1.54) is 29.5 Å². The molecule has 0 amide bonds. The molecule has 0 bridgehead atoms. The molecule has 0 radical (unpaired) electrons. The smallest absolute Gasteiger partial charge is 0.129 e. The molecule has 2 nitrogen and oxygen atoms in total. The summed E-state index contributed by atoms with van der Waals surface area (Å²) >= 11 is 1.49. The molecule has 1 unspecified atom stereocenters. The molecule has 0 spiro atoms. The molecule has 0 aliphatic heterocycles. The van der Waals surface area contributed by atoms with E-state index in [1.54, 1.807) is 11.7 Å². The fraction of sp³-hybridized carbons (Fsp3) is 0.357. The maximum Gasteiger partial charge on any atom is 0.129 e. The van der Waals surface area contributed by atoms with Gasteiger partial charge >= 0.3 is 0 Å². The van der Waals surface area contributed by atoms with Gasteiger partial charge in [-0.05, 0) is 31.5 Å². The summed E-state index contributed by atoms with van der Waals surface area (Å²) in [5.41, 5.74) is 1.86. The molecule has 2 rings (SSSR count). The maximum atomic E-state index is 13.7. The molecule has 1 heterocycles. The van der Waals surface area contributed by atoms with Gasteiger partial charge in [0.05, 0.1) is 5.51 Å². The fourth-order valence-corrected chi connectivity index (χ4v) is 2.62. The highest BCUT2D eigenvalue weighted by Gasteiger charge is 2.18. The normalized spacial score (nSPS) is 12.6. The van der Waals surface area contributed by atoms with Crippen molar-refractivity contribution in [1.82, 2.24) is 10.3 Å². The second kappa shape index (κ2) is 6.73. The summed E-state index contributed by atoms with van der Waals surface area (Å²) in [6.45, 7) is 2.86. The van der Waals surface area contributed by atoms with E-state index in [0.717, 1.165) is 17.8 Å². The predicted molar refractivity (Wildman–Crippen MR) is 73.2 cm³/mol. The van der Waals surface area contributed by atoms with E-state index < -0.39 is 11.6 Å². The molecule has 0 saturated carbocycles. The van der Waals surface area contributed by atoms with E-state index in [2.05, 4.69) is 17.2 Å². The Morgan fingerprint density at radius 2 is 2.05 bits per heavy atom. The number of benzene rings is 1. The lowest BCUT2D eigenvalue weighted by atomic mass is 10.0. The zero-order chi connectivity index (χ0) is 13.7. The number of hydrogen-bond donors (Lipinski definition) is 1. The first-order valence-electron chi connectivity index (χ1n) is 6.27. The van der Waals surface area contributed by atoms with Crippen LogP contribution in [-0.4, -0.2) is 11.5 Å². The van der Waals surface area contributed by atoms with E-state index in [-0.39, 0.29) is 11.6 Å². The number of nitrogens with zero attached hydrogens (tertiary/aromatic N) is 1. The Balaban J connectivity index is 2.20. The lowest BCUT2D eigenvalue weighted by Gasteiger charge is -2.17. The van der Waals surface area contributed by atoms with Gasteiger partial charge in [-0.25, -0.2) is 8.78 Å². The number of thiazole rings is 1. The Morgan fingerprint density at radius 1 is 1.32 bits per heavy atom. The first kappa shape index (κ1) is 14.1. The molecular formula is C14H16F2N2S. The number of nitrogens with one attached hydrogen (secondary N) is 1. The molecule has 1 aromatic carbocycles. The van der Waals surface area contributed by atoms with Crippen LogP contribution < -0.4 is 5.32 Å². The van der Waals surface area contributed by atoms with E-state index >= 15 is 0 Å². The summed E-state index contributed by atoms with van der Waals surface area (Å²) in [4.78, 5) is 5.03. The van der Waals surface area contributed by atoms with Gasteiger partial charge in [-0.2, -0.15) is 0 Å². The standard InChI is InChI=1S/C14H16F2N2S/c1-2-6-18-13(14-8-17-9-19-14)7-10-11(15)4-3-5-12(10)16/h3-5,8-9,13,18H,2,6-7H2,1H3. The third kappa shape index (κ3) is 3.58. The van der Waals surface area contributed by atoms with Crippen LogP contribution in [0.25, 0.3) is 0 Å². The van der Waals surface area contributed by atoms with Crippen LogP contribution in [0.1, 0.15) is 29.8 Å². The minimum Gasteiger partial charge on any atom is -0.309 e. The molecular weight excluding hydrogens is 266 g/mol. The van der Waals surface area contributed by atoms with Crippen LogP contribution >= 0.6 is 11.3 Å². The van der Waals surface area contributed by atoms with Gasteiger partial charge in [-0.1, -0.05) is 13.0 Å². The van der Waals surface area contributed by atoms with Crippen molar-refractivity contribution in [3.63, 3.8) is 0 Å². The highest BCUT2D eigenvalue weighted by molar-refractivity contribution is 7.09. The van der Waals surface area contributed by atoms with Gasteiger partial charge < -0.3 is 5.32 Å². The van der Waals surface area contributed by atoms with Crippen molar-refractivity contribution in [2.75, 3.05) is 6.54 Å². The first-order valence-corrected chi connectivity index (χ1v) is 7.15. The lowest BCUT2D eigenvalue weighted by molar-refractivity contribution is 0.494. The predicted octanol–water partition coefficient (Wildman–Crippen LogP) is 3.70. The van der Waals surface area contributed by atoms with Crippen LogP contribution in [0.4, 0.5) is 8.78 Å². The Morgan fingerprint density at radius 3 is 2.63 bits per heavy atom. The van der Waals surface area contributed by atoms with Crippen LogP contribution in [0.15, 0.2) is 29.9 Å². The first-order chi connectivity index (χ1) is 9.22. The van der Waals surface area contributed by atoms with E-state index in [1.807, 2.05) is 0 Å². The molecule has 102 valence electrons. The topological polar surface area (TPSA) is 24.9 Å². The molecule has 2 aromatic rings. The average molecular weight is 282 g/mol. The minimum atomic E-state index is -0.493. The van der Waals surface area contributed by atoms with Crippen molar-refractivity contribution in [2.45, 2.75) is 25.8 Å². The van der Waals surface area contributed by atoms with Crippen molar-refractivity contribution in [3.8, 4) is 0 Å². The van der Waals surface area contributed by atoms with Gasteiger partial charge in [0, 0.05) is 22.7 Å². The number of hydrogen-bond acceptors (Lipinski definition) is 3. The van der Waals surface area contributed by atoms with Crippen molar-refractivity contribution >= 4 is 11.3 Å². The molecule has 1 aromatic heterocycles. The Labute approximate surface area is 115 Å². The SMILES string of the molecule is CCCNC(Cc1c(F)cccc1F)c1cncs1. The van der Waals surface area contributed by atoms with E-state index in [9.17, 15) is 8.78 Å². The van der Waals surface area contributed by atoms with Crippen molar-refractivity contribution < 1.29 is 8.78 Å². The maximum absolute atomic E-state index is 13.7. The van der Waals surface area contributed by atoms with Gasteiger partial charge in [0.25, 0.3) is 0 Å². The Kier molecular flexibility index (Phi) is 4.99. The quantitative estimate of drug-likeness (QED) is 0.873.